The van der Waals surface area contributed by atoms with E-state index in [4.69, 9.17) is 4.74 Å². The van der Waals surface area contributed by atoms with Gasteiger partial charge in [-0.25, -0.2) is 0 Å². The van der Waals surface area contributed by atoms with E-state index in [1.165, 1.54) is 0 Å². The Morgan fingerprint density at radius 2 is 1.95 bits per heavy atom. The number of carbonyl (C=O) groups excluding carboxylic acids is 1. The summed E-state index contributed by atoms with van der Waals surface area (Å²) < 4.78 is 5.46. The van der Waals surface area contributed by atoms with Gasteiger partial charge in [-0.1, -0.05) is 24.3 Å². The summed E-state index contributed by atoms with van der Waals surface area (Å²) in [5.74, 6) is 0.927. The van der Waals surface area contributed by atoms with Crippen LogP contribution in [0.15, 0.2) is 53.4 Å². The normalized spacial score (nSPS) is 17.6. The molecule has 1 aliphatic rings. The second kappa shape index (κ2) is 6.22. The third-order valence-corrected chi connectivity index (χ3v) is 4.70. The number of benzene rings is 2. The van der Waals surface area contributed by atoms with Gasteiger partial charge in [0.1, 0.15) is 5.75 Å². The van der Waals surface area contributed by atoms with Crippen LogP contribution in [0.25, 0.3) is 0 Å². The second-order valence-electron chi connectivity index (χ2n) is 4.86. The molecule has 0 aliphatic carbocycles. The van der Waals surface area contributed by atoms with E-state index in [2.05, 4.69) is 5.32 Å². The van der Waals surface area contributed by atoms with Gasteiger partial charge in [0.15, 0.2) is 0 Å². The van der Waals surface area contributed by atoms with Crippen molar-refractivity contribution in [1.82, 2.24) is 0 Å². The fourth-order valence-corrected chi connectivity index (χ4v) is 3.61. The Labute approximate surface area is 128 Å². The number of rotatable bonds is 3. The van der Waals surface area contributed by atoms with Gasteiger partial charge in [-0.05, 0) is 36.8 Å². The van der Waals surface area contributed by atoms with E-state index in [1.807, 2.05) is 55.5 Å². The fourth-order valence-electron chi connectivity index (χ4n) is 2.37. The largest absolute Gasteiger partial charge is 0.494 e. The minimum atomic E-state index is 0.0614. The Hall–Kier alpha value is -1.94. The molecule has 21 heavy (non-hydrogen) atoms. The molecular formula is C17H17NO2S. The molecule has 0 bridgehead atoms. The van der Waals surface area contributed by atoms with Crippen LogP contribution >= 0.6 is 11.8 Å². The minimum absolute atomic E-state index is 0.0614. The summed E-state index contributed by atoms with van der Waals surface area (Å²) in [4.78, 5) is 13.2. The molecule has 0 saturated heterocycles. The van der Waals surface area contributed by atoms with Crippen LogP contribution in [0, 0.1) is 0 Å². The van der Waals surface area contributed by atoms with Crippen molar-refractivity contribution in [3.63, 3.8) is 0 Å². The van der Waals surface area contributed by atoms with Gasteiger partial charge in [-0.2, -0.15) is 0 Å². The molecule has 0 spiro atoms. The Bertz CT molecular complexity index is 639. The highest BCUT2D eigenvalue weighted by molar-refractivity contribution is 7.99. The number of nitrogens with one attached hydrogen (secondary N) is 1. The average Bonchev–Trinajstić information content (AvgIpc) is 2.66. The molecule has 1 aliphatic heterocycles. The summed E-state index contributed by atoms with van der Waals surface area (Å²) in [6, 6.07) is 16.0. The number of para-hydroxylation sites is 1. The SMILES string of the molecule is CCOc1ccc(C2CC(=O)Nc3ccccc3S2)cc1. The van der Waals surface area contributed by atoms with Crippen molar-refractivity contribution in [1.29, 1.82) is 0 Å². The van der Waals surface area contributed by atoms with Crippen LogP contribution in [0.1, 0.15) is 24.2 Å². The summed E-state index contributed by atoms with van der Waals surface area (Å²) in [6.45, 7) is 2.63. The van der Waals surface area contributed by atoms with E-state index in [1.54, 1.807) is 11.8 Å². The van der Waals surface area contributed by atoms with Crippen LogP contribution in [-0.2, 0) is 4.79 Å². The van der Waals surface area contributed by atoms with Crippen molar-refractivity contribution in [2.24, 2.45) is 0 Å². The first-order chi connectivity index (χ1) is 10.3. The third kappa shape index (κ3) is 3.22. The molecule has 3 rings (SSSR count). The van der Waals surface area contributed by atoms with Crippen LogP contribution in [0.2, 0.25) is 0 Å². The van der Waals surface area contributed by atoms with Gasteiger partial charge in [0.05, 0.1) is 12.3 Å². The molecule has 0 aromatic heterocycles. The summed E-state index contributed by atoms with van der Waals surface area (Å²) in [6.07, 6.45) is 0.479. The lowest BCUT2D eigenvalue weighted by Crippen LogP contribution is -2.11. The van der Waals surface area contributed by atoms with Crippen LogP contribution < -0.4 is 10.1 Å². The topological polar surface area (TPSA) is 38.3 Å². The summed E-state index contributed by atoms with van der Waals surface area (Å²) in [5, 5.41) is 3.10. The predicted molar refractivity (Wildman–Crippen MR) is 85.9 cm³/mol. The van der Waals surface area contributed by atoms with E-state index in [0.29, 0.717) is 13.0 Å². The van der Waals surface area contributed by atoms with Gasteiger partial charge in [-0.3, -0.25) is 4.79 Å². The number of ether oxygens (including phenoxy) is 1. The molecule has 0 radical (unpaired) electrons. The zero-order chi connectivity index (χ0) is 14.7. The number of thioether (sulfide) groups is 1. The van der Waals surface area contributed by atoms with Crippen LogP contribution in [0.5, 0.6) is 5.75 Å². The first-order valence-electron chi connectivity index (χ1n) is 7.04. The van der Waals surface area contributed by atoms with Crippen molar-refractivity contribution < 1.29 is 9.53 Å². The number of hydrogen-bond donors (Lipinski definition) is 1. The van der Waals surface area contributed by atoms with Crippen LogP contribution in [0.3, 0.4) is 0 Å². The van der Waals surface area contributed by atoms with E-state index >= 15 is 0 Å². The minimum Gasteiger partial charge on any atom is -0.494 e. The number of fused-ring (bicyclic) bond motifs is 1. The van der Waals surface area contributed by atoms with Crippen LogP contribution in [0.4, 0.5) is 5.69 Å². The molecule has 1 N–H and O–H groups in total. The van der Waals surface area contributed by atoms with Gasteiger partial charge < -0.3 is 10.1 Å². The molecule has 0 saturated carbocycles. The highest BCUT2D eigenvalue weighted by Gasteiger charge is 2.23. The molecule has 1 heterocycles. The van der Waals surface area contributed by atoms with Crippen molar-refractivity contribution in [2.75, 3.05) is 11.9 Å². The first-order valence-corrected chi connectivity index (χ1v) is 7.92. The summed E-state index contributed by atoms with van der Waals surface area (Å²) in [7, 11) is 0. The van der Waals surface area contributed by atoms with Crippen LogP contribution in [-0.4, -0.2) is 12.5 Å². The summed E-state index contributed by atoms with van der Waals surface area (Å²) >= 11 is 1.73. The number of anilines is 1. The Balaban J connectivity index is 1.86. The van der Waals surface area contributed by atoms with E-state index in [0.717, 1.165) is 21.9 Å². The second-order valence-corrected chi connectivity index (χ2v) is 6.10. The maximum absolute atomic E-state index is 12.0. The molecule has 3 nitrogen and oxygen atoms in total. The van der Waals surface area contributed by atoms with Crippen molar-refractivity contribution in [3.05, 3.63) is 54.1 Å². The Morgan fingerprint density at radius 3 is 2.71 bits per heavy atom. The first kappa shape index (κ1) is 14.0. The lowest BCUT2D eigenvalue weighted by molar-refractivity contribution is -0.116. The maximum Gasteiger partial charge on any atom is 0.225 e. The molecule has 2 aromatic rings. The fraction of sp³-hybridized carbons (Fsp3) is 0.235. The van der Waals surface area contributed by atoms with E-state index in [-0.39, 0.29) is 11.2 Å². The van der Waals surface area contributed by atoms with E-state index in [9.17, 15) is 4.79 Å². The molecule has 108 valence electrons. The lowest BCUT2D eigenvalue weighted by Gasteiger charge is -2.14. The molecule has 1 amide bonds. The van der Waals surface area contributed by atoms with Crippen molar-refractivity contribution in [3.8, 4) is 5.75 Å². The predicted octanol–water partition coefficient (Wildman–Crippen LogP) is 4.26. The smallest absolute Gasteiger partial charge is 0.225 e. The quantitative estimate of drug-likeness (QED) is 0.920. The van der Waals surface area contributed by atoms with Crippen molar-refractivity contribution in [2.45, 2.75) is 23.5 Å². The van der Waals surface area contributed by atoms with Gasteiger partial charge in [-0.15, -0.1) is 11.8 Å². The zero-order valence-electron chi connectivity index (χ0n) is 11.8. The number of carbonyl (C=O) groups is 1. The molecule has 1 atom stereocenters. The summed E-state index contributed by atoms with van der Waals surface area (Å²) in [5.41, 5.74) is 2.05. The number of amides is 1. The molecule has 4 heteroatoms. The van der Waals surface area contributed by atoms with Gasteiger partial charge >= 0.3 is 0 Å². The lowest BCUT2D eigenvalue weighted by atomic mass is 10.1. The highest BCUT2D eigenvalue weighted by Crippen LogP contribution is 2.43. The van der Waals surface area contributed by atoms with Gasteiger partial charge in [0.2, 0.25) is 5.91 Å². The Morgan fingerprint density at radius 1 is 1.19 bits per heavy atom. The number of hydrogen-bond acceptors (Lipinski definition) is 3. The standard InChI is InChI=1S/C17H17NO2S/c1-2-20-13-9-7-12(8-10-13)16-11-17(19)18-14-5-3-4-6-15(14)21-16/h3-10,16H,2,11H2,1H3,(H,18,19). The van der Waals surface area contributed by atoms with E-state index < -0.39 is 0 Å². The molecular weight excluding hydrogens is 282 g/mol. The molecule has 1 unspecified atom stereocenters. The monoisotopic (exact) mass is 299 g/mol. The van der Waals surface area contributed by atoms with Gasteiger partial charge in [0, 0.05) is 16.6 Å². The highest BCUT2D eigenvalue weighted by atomic mass is 32.2. The van der Waals surface area contributed by atoms with Crippen molar-refractivity contribution >= 4 is 23.4 Å². The molecule has 2 aromatic carbocycles. The third-order valence-electron chi connectivity index (χ3n) is 3.36. The Kier molecular flexibility index (Phi) is 4.15. The maximum atomic E-state index is 12.0. The zero-order valence-corrected chi connectivity index (χ0v) is 12.7. The average molecular weight is 299 g/mol. The van der Waals surface area contributed by atoms with Gasteiger partial charge in [0.25, 0.3) is 0 Å². The molecule has 0 fully saturated rings.